The van der Waals surface area contributed by atoms with Crippen molar-refractivity contribution in [3.63, 3.8) is 0 Å². The van der Waals surface area contributed by atoms with Crippen molar-refractivity contribution < 1.29 is 4.74 Å². The Labute approximate surface area is 189 Å². The van der Waals surface area contributed by atoms with E-state index in [2.05, 4.69) is 31.2 Å². The minimum absolute atomic E-state index is 0.683. The van der Waals surface area contributed by atoms with Crippen molar-refractivity contribution in [2.24, 2.45) is 0 Å². The maximum Gasteiger partial charge on any atom is 0.119 e. The van der Waals surface area contributed by atoms with Crippen LogP contribution in [-0.4, -0.2) is 6.61 Å². The molecule has 0 heterocycles. The van der Waals surface area contributed by atoms with E-state index in [-0.39, 0.29) is 0 Å². The molecule has 2 heteroatoms. The van der Waals surface area contributed by atoms with Gasteiger partial charge in [0.05, 0.1) is 18.2 Å². The summed E-state index contributed by atoms with van der Waals surface area (Å²) in [4.78, 5) is 0. The number of ether oxygens (including phenoxy) is 1. The highest BCUT2D eigenvalue weighted by Gasteiger charge is 1.96. The lowest BCUT2D eigenvalue weighted by atomic mass is 10.1. The molecule has 2 aromatic carbocycles. The largest absolute Gasteiger partial charge is 0.494 e. The first kappa shape index (κ1) is 24.5. The Morgan fingerprint density at radius 3 is 1.68 bits per heavy atom. The molecular weight excluding hydrogens is 378 g/mol. The molecule has 2 nitrogen and oxygen atoms in total. The van der Waals surface area contributed by atoms with Crippen molar-refractivity contribution >= 4 is 12.2 Å². The topological polar surface area (TPSA) is 33.0 Å². The molecule has 0 bridgehead atoms. The molecule has 0 saturated carbocycles. The quantitative estimate of drug-likeness (QED) is 0.215. The first-order valence-electron chi connectivity index (χ1n) is 11.9. The van der Waals surface area contributed by atoms with E-state index in [1.165, 1.54) is 57.8 Å². The number of hydrogen-bond donors (Lipinski definition) is 0. The molecular formula is C29H37NO. The molecule has 0 atom stereocenters. The van der Waals surface area contributed by atoms with E-state index >= 15 is 0 Å². The number of hydrogen-bond acceptors (Lipinski definition) is 2. The fourth-order valence-electron chi connectivity index (χ4n) is 3.46. The Kier molecular flexibility index (Phi) is 12.6. The van der Waals surface area contributed by atoms with Crippen LogP contribution in [0, 0.1) is 11.3 Å². The molecule has 0 amide bonds. The van der Waals surface area contributed by atoms with Crippen LogP contribution in [0.2, 0.25) is 0 Å². The Balaban J connectivity index is 1.56. The summed E-state index contributed by atoms with van der Waals surface area (Å²) in [5.41, 5.74) is 2.92. The van der Waals surface area contributed by atoms with Crippen LogP contribution in [0.5, 0.6) is 5.75 Å². The third-order valence-electron chi connectivity index (χ3n) is 5.37. The molecule has 0 radical (unpaired) electrons. The van der Waals surface area contributed by atoms with Gasteiger partial charge in [-0.25, -0.2) is 0 Å². The minimum atomic E-state index is 0.683. The van der Waals surface area contributed by atoms with E-state index in [4.69, 9.17) is 10.00 Å². The predicted molar refractivity (Wildman–Crippen MR) is 133 cm³/mol. The second kappa shape index (κ2) is 16.0. The van der Waals surface area contributed by atoms with Crippen LogP contribution in [0.1, 0.15) is 87.8 Å². The lowest BCUT2D eigenvalue weighted by Gasteiger charge is -2.06. The van der Waals surface area contributed by atoms with Crippen molar-refractivity contribution in [3.8, 4) is 11.8 Å². The average molecular weight is 416 g/mol. The number of nitrogens with zero attached hydrogens (tertiary/aromatic N) is 1. The molecule has 2 aromatic rings. The second-order valence-corrected chi connectivity index (χ2v) is 8.05. The zero-order chi connectivity index (χ0) is 22.0. The van der Waals surface area contributed by atoms with E-state index in [9.17, 15) is 0 Å². The first-order valence-corrected chi connectivity index (χ1v) is 11.9. The minimum Gasteiger partial charge on any atom is -0.494 e. The molecule has 0 unspecified atom stereocenters. The maximum absolute atomic E-state index is 8.83. The van der Waals surface area contributed by atoms with Crippen molar-refractivity contribution in [2.75, 3.05) is 6.61 Å². The van der Waals surface area contributed by atoms with Gasteiger partial charge in [-0.2, -0.15) is 5.26 Å². The highest BCUT2D eigenvalue weighted by molar-refractivity contribution is 5.58. The van der Waals surface area contributed by atoms with Crippen molar-refractivity contribution in [1.29, 1.82) is 5.26 Å². The first-order chi connectivity index (χ1) is 15.3. The molecule has 0 aliphatic heterocycles. The molecule has 2 rings (SSSR count). The average Bonchev–Trinajstić information content (AvgIpc) is 2.81. The predicted octanol–water partition coefficient (Wildman–Crippen LogP) is 8.58. The van der Waals surface area contributed by atoms with Gasteiger partial charge in [-0.1, -0.05) is 113 Å². The smallest absolute Gasteiger partial charge is 0.119 e. The van der Waals surface area contributed by atoms with Gasteiger partial charge in [0.15, 0.2) is 0 Å². The lowest BCUT2D eigenvalue weighted by molar-refractivity contribution is 0.304. The third kappa shape index (κ3) is 11.2. The van der Waals surface area contributed by atoms with Gasteiger partial charge < -0.3 is 4.74 Å². The second-order valence-electron chi connectivity index (χ2n) is 8.05. The summed E-state index contributed by atoms with van der Waals surface area (Å²) in [6.45, 7) is 3.08. The normalized spacial score (nSPS) is 11.2. The summed E-state index contributed by atoms with van der Waals surface area (Å²) in [6.07, 6.45) is 21.6. The van der Waals surface area contributed by atoms with Crippen LogP contribution in [0.25, 0.3) is 12.2 Å². The molecule has 0 spiro atoms. The summed E-state index contributed by atoms with van der Waals surface area (Å²) in [5, 5.41) is 8.83. The Bertz CT molecular complexity index is 809. The van der Waals surface area contributed by atoms with Gasteiger partial charge in [-0.15, -0.1) is 0 Å². The van der Waals surface area contributed by atoms with Crippen LogP contribution in [0.15, 0.2) is 60.7 Å². The van der Waals surface area contributed by atoms with Gasteiger partial charge in [0.25, 0.3) is 0 Å². The molecule has 0 saturated heterocycles. The standard InChI is InChI=1S/C29H37NO/c1-2-3-4-5-6-7-8-9-10-13-24-31-29-22-20-27(21-23-29)15-12-11-14-26-16-18-28(25-30)19-17-26/h11-12,14-23H,2-10,13,24H2,1H3. The summed E-state index contributed by atoms with van der Waals surface area (Å²) in [7, 11) is 0. The summed E-state index contributed by atoms with van der Waals surface area (Å²) < 4.78 is 5.87. The van der Waals surface area contributed by atoms with E-state index in [0.29, 0.717) is 5.56 Å². The van der Waals surface area contributed by atoms with Gasteiger partial charge in [-0.3, -0.25) is 0 Å². The van der Waals surface area contributed by atoms with Crippen molar-refractivity contribution in [3.05, 3.63) is 77.4 Å². The maximum atomic E-state index is 8.83. The van der Waals surface area contributed by atoms with Crippen LogP contribution in [0.4, 0.5) is 0 Å². The van der Waals surface area contributed by atoms with Gasteiger partial charge in [-0.05, 0) is 41.8 Å². The summed E-state index contributed by atoms with van der Waals surface area (Å²) >= 11 is 0. The third-order valence-corrected chi connectivity index (χ3v) is 5.37. The van der Waals surface area contributed by atoms with Gasteiger partial charge in [0.2, 0.25) is 0 Å². The summed E-state index contributed by atoms with van der Waals surface area (Å²) in [6, 6.07) is 17.9. The van der Waals surface area contributed by atoms with E-state index in [1.807, 2.05) is 54.6 Å². The van der Waals surface area contributed by atoms with Crippen LogP contribution in [0.3, 0.4) is 0 Å². The Hall–Kier alpha value is -2.79. The van der Waals surface area contributed by atoms with E-state index in [0.717, 1.165) is 29.9 Å². The zero-order valence-corrected chi connectivity index (χ0v) is 19.1. The highest BCUT2D eigenvalue weighted by atomic mass is 16.5. The van der Waals surface area contributed by atoms with Crippen LogP contribution in [-0.2, 0) is 0 Å². The monoisotopic (exact) mass is 415 g/mol. The fourth-order valence-corrected chi connectivity index (χ4v) is 3.46. The molecule has 0 fully saturated rings. The molecule has 31 heavy (non-hydrogen) atoms. The molecule has 0 aliphatic carbocycles. The Morgan fingerprint density at radius 2 is 1.16 bits per heavy atom. The number of unbranched alkanes of at least 4 members (excludes halogenated alkanes) is 9. The number of nitriles is 1. The number of benzene rings is 2. The van der Waals surface area contributed by atoms with E-state index in [1.54, 1.807) is 0 Å². The Morgan fingerprint density at radius 1 is 0.677 bits per heavy atom. The fraction of sp³-hybridized carbons (Fsp3) is 0.414. The number of allylic oxidation sites excluding steroid dienone is 2. The highest BCUT2D eigenvalue weighted by Crippen LogP contribution is 2.15. The van der Waals surface area contributed by atoms with Crippen molar-refractivity contribution in [2.45, 2.75) is 71.1 Å². The van der Waals surface area contributed by atoms with Crippen molar-refractivity contribution in [1.82, 2.24) is 0 Å². The molecule has 0 N–H and O–H groups in total. The van der Waals surface area contributed by atoms with Crippen LogP contribution >= 0.6 is 0 Å². The summed E-state index contributed by atoms with van der Waals surface area (Å²) in [5.74, 6) is 0.946. The molecule has 0 aromatic heterocycles. The van der Waals surface area contributed by atoms with Gasteiger partial charge in [0, 0.05) is 0 Å². The zero-order valence-electron chi connectivity index (χ0n) is 19.1. The van der Waals surface area contributed by atoms with E-state index < -0.39 is 0 Å². The van der Waals surface area contributed by atoms with Crippen LogP contribution < -0.4 is 4.74 Å². The number of rotatable bonds is 15. The molecule has 164 valence electrons. The SMILES string of the molecule is CCCCCCCCCCCCOc1ccc(C=CC=Cc2ccc(C#N)cc2)cc1. The molecule has 0 aliphatic rings. The van der Waals surface area contributed by atoms with Gasteiger partial charge in [0.1, 0.15) is 5.75 Å². The lowest BCUT2D eigenvalue weighted by Crippen LogP contribution is -1.97. The van der Waals surface area contributed by atoms with Gasteiger partial charge >= 0.3 is 0 Å².